The average Bonchev–Trinajstić information content (AvgIpc) is 2.79. The van der Waals surface area contributed by atoms with Crippen LogP contribution in [0.5, 0.6) is 0 Å². The zero-order chi connectivity index (χ0) is 23.1. The molecule has 0 aliphatic rings. The first-order valence-corrected chi connectivity index (χ1v) is 11.9. The highest BCUT2D eigenvalue weighted by Gasteiger charge is 2.17. The Bertz CT molecular complexity index is 1220. The Balaban J connectivity index is 1.57. The van der Waals surface area contributed by atoms with Gasteiger partial charge in [-0.25, -0.2) is 13.1 Å². The molecule has 7 nitrogen and oxygen atoms in total. The molecule has 0 aliphatic carbocycles. The highest BCUT2D eigenvalue weighted by atomic mass is 32.2. The van der Waals surface area contributed by atoms with E-state index in [1.54, 1.807) is 23.8 Å². The van der Waals surface area contributed by atoms with Gasteiger partial charge in [0.2, 0.25) is 10.0 Å². The molecule has 1 unspecified atom stereocenters. The molecule has 0 fully saturated rings. The summed E-state index contributed by atoms with van der Waals surface area (Å²) in [4.78, 5) is 24.4. The van der Waals surface area contributed by atoms with Gasteiger partial charge in [-0.1, -0.05) is 37.3 Å². The maximum absolute atomic E-state index is 12.4. The molecule has 1 aromatic heterocycles. The van der Waals surface area contributed by atoms with E-state index in [2.05, 4.69) is 10.0 Å². The van der Waals surface area contributed by atoms with Crippen molar-refractivity contribution in [2.75, 3.05) is 0 Å². The van der Waals surface area contributed by atoms with E-state index in [1.165, 1.54) is 30.3 Å². The summed E-state index contributed by atoms with van der Waals surface area (Å²) in [5, 5.41) is 2.83. The predicted molar refractivity (Wildman–Crippen MR) is 124 cm³/mol. The third-order valence-electron chi connectivity index (χ3n) is 5.12. The Morgan fingerprint density at radius 1 is 0.969 bits per heavy atom. The summed E-state index contributed by atoms with van der Waals surface area (Å²) in [5.41, 5.74) is 2.22. The summed E-state index contributed by atoms with van der Waals surface area (Å²) in [6.07, 6.45) is 2.43. The van der Waals surface area contributed by atoms with E-state index in [-0.39, 0.29) is 22.4 Å². The lowest BCUT2D eigenvalue weighted by Crippen LogP contribution is -2.32. The number of benzene rings is 2. The first-order chi connectivity index (χ1) is 15.3. The molecular weight excluding hydrogens is 426 g/mol. The Morgan fingerprint density at radius 2 is 1.62 bits per heavy atom. The van der Waals surface area contributed by atoms with Crippen molar-refractivity contribution in [1.29, 1.82) is 0 Å². The molecule has 1 heterocycles. The molecule has 3 aromatic rings. The van der Waals surface area contributed by atoms with Gasteiger partial charge in [0.1, 0.15) is 0 Å². The van der Waals surface area contributed by atoms with E-state index in [0.29, 0.717) is 25.1 Å². The Kier molecular flexibility index (Phi) is 7.61. The van der Waals surface area contributed by atoms with E-state index >= 15 is 0 Å². The van der Waals surface area contributed by atoms with Crippen LogP contribution in [0.25, 0.3) is 0 Å². The highest BCUT2D eigenvalue weighted by Crippen LogP contribution is 2.12. The molecule has 2 aromatic carbocycles. The zero-order valence-electron chi connectivity index (χ0n) is 18.1. The predicted octanol–water partition coefficient (Wildman–Crippen LogP) is 2.90. The van der Waals surface area contributed by atoms with Crippen molar-refractivity contribution in [1.82, 2.24) is 14.6 Å². The molecule has 0 aliphatic heterocycles. The smallest absolute Gasteiger partial charge is 0.251 e. The minimum atomic E-state index is -3.60. The van der Waals surface area contributed by atoms with Crippen LogP contribution < -0.4 is 15.6 Å². The van der Waals surface area contributed by atoms with E-state index in [9.17, 15) is 18.0 Å². The fourth-order valence-electron chi connectivity index (χ4n) is 3.04. The molecule has 1 amide bonds. The summed E-state index contributed by atoms with van der Waals surface area (Å²) in [7, 11) is -3.60. The van der Waals surface area contributed by atoms with Crippen molar-refractivity contribution in [3.8, 4) is 0 Å². The third-order valence-corrected chi connectivity index (χ3v) is 6.73. The van der Waals surface area contributed by atoms with Crippen molar-refractivity contribution >= 4 is 15.9 Å². The molecule has 8 heteroatoms. The van der Waals surface area contributed by atoms with Crippen LogP contribution in [0.2, 0.25) is 0 Å². The number of carbonyl (C=O) groups excluding carboxylic acids is 1. The number of nitrogens with one attached hydrogen (secondary N) is 2. The first kappa shape index (κ1) is 23.4. The summed E-state index contributed by atoms with van der Waals surface area (Å²) in [6, 6.07) is 18.4. The second kappa shape index (κ2) is 10.4. The zero-order valence-corrected chi connectivity index (χ0v) is 18.9. The normalized spacial score (nSPS) is 12.3. The molecule has 168 valence electrons. The number of pyridine rings is 1. The van der Waals surface area contributed by atoms with Gasteiger partial charge in [-0.2, -0.15) is 0 Å². The summed E-state index contributed by atoms with van der Waals surface area (Å²) in [6.45, 7) is 4.51. The van der Waals surface area contributed by atoms with E-state index < -0.39 is 10.0 Å². The van der Waals surface area contributed by atoms with Crippen LogP contribution in [0.1, 0.15) is 41.8 Å². The Labute approximate surface area is 188 Å². The van der Waals surface area contributed by atoms with Crippen molar-refractivity contribution in [3.63, 3.8) is 0 Å². The van der Waals surface area contributed by atoms with Gasteiger partial charge >= 0.3 is 0 Å². The Hall–Kier alpha value is -3.23. The molecule has 1 atom stereocenters. The molecule has 0 saturated heterocycles. The monoisotopic (exact) mass is 453 g/mol. The van der Waals surface area contributed by atoms with Gasteiger partial charge in [-0.3, -0.25) is 9.59 Å². The van der Waals surface area contributed by atoms with Gasteiger partial charge in [0.05, 0.1) is 11.4 Å². The molecular formula is C24H27N3O4S. The van der Waals surface area contributed by atoms with Crippen molar-refractivity contribution in [2.45, 2.75) is 44.3 Å². The lowest BCUT2D eigenvalue weighted by Gasteiger charge is -2.12. The van der Waals surface area contributed by atoms with Crippen molar-refractivity contribution in [3.05, 3.63) is 100.0 Å². The topological polar surface area (TPSA) is 97.3 Å². The number of sulfonamides is 1. The maximum atomic E-state index is 12.4. The quantitative estimate of drug-likeness (QED) is 0.521. The SMILES string of the molecule is CCC(C)NS(=O)(=O)c1ccc(C(=O)NCc2ccc(Cn3ccccc3=O)cc2)cc1. The van der Waals surface area contributed by atoms with Gasteiger partial charge in [0, 0.05) is 30.4 Å². The molecule has 3 rings (SSSR count). The minimum Gasteiger partial charge on any atom is -0.348 e. The number of nitrogens with zero attached hydrogens (tertiary/aromatic N) is 1. The molecule has 0 radical (unpaired) electrons. The van der Waals surface area contributed by atoms with E-state index in [0.717, 1.165) is 11.1 Å². The lowest BCUT2D eigenvalue weighted by atomic mass is 10.1. The van der Waals surface area contributed by atoms with Gasteiger partial charge < -0.3 is 9.88 Å². The fraction of sp³-hybridized carbons (Fsp3) is 0.250. The molecule has 0 bridgehead atoms. The minimum absolute atomic E-state index is 0.0571. The molecule has 0 spiro atoms. The second-order valence-corrected chi connectivity index (χ2v) is 9.33. The summed E-state index contributed by atoms with van der Waals surface area (Å²) in [5.74, 6) is -0.288. The standard InChI is InChI=1S/C24H27N3O4S/c1-3-18(2)26-32(30,31)22-13-11-21(12-14-22)24(29)25-16-19-7-9-20(10-8-19)17-27-15-5-4-6-23(27)28/h4-15,18,26H,3,16-17H2,1-2H3,(H,25,29). The number of aromatic nitrogens is 1. The number of hydrogen-bond acceptors (Lipinski definition) is 4. The van der Waals surface area contributed by atoms with Gasteiger partial charge in [-0.05, 0) is 54.8 Å². The first-order valence-electron chi connectivity index (χ1n) is 10.4. The molecule has 32 heavy (non-hydrogen) atoms. The number of amides is 1. The molecule has 0 saturated carbocycles. The van der Waals surface area contributed by atoms with Crippen LogP contribution in [-0.4, -0.2) is 24.9 Å². The van der Waals surface area contributed by atoms with E-state index in [1.807, 2.05) is 37.3 Å². The van der Waals surface area contributed by atoms with Crippen LogP contribution in [0.15, 0.2) is 82.6 Å². The van der Waals surface area contributed by atoms with E-state index in [4.69, 9.17) is 0 Å². The van der Waals surface area contributed by atoms with Crippen LogP contribution in [0.3, 0.4) is 0 Å². The largest absolute Gasteiger partial charge is 0.348 e. The van der Waals surface area contributed by atoms with Crippen molar-refractivity contribution in [2.24, 2.45) is 0 Å². The van der Waals surface area contributed by atoms with Crippen LogP contribution in [0, 0.1) is 0 Å². The van der Waals surface area contributed by atoms with Crippen LogP contribution in [-0.2, 0) is 23.1 Å². The van der Waals surface area contributed by atoms with Gasteiger partial charge in [-0.15, -0.1) is 0 Å². The van der Waals surface area contributed by atoms with Gasteiger partial charge in [0.25, 0.3) is 11.5 Å². The van der Waals surface area contributed by atoms with Crippen LogP contribution >= 0.6 is 0 Å². The summed E-state index contributed by atoms with van der Waals surface area (Å²) < 4.78 is 28.9. The third kappa shape index (κ3) is 6.15. The second-order valence-electron chi connectivity index (χ2n) is 7.62. The number of carbonyl (C=O) groups is 1. The van der Waals surface area contributed by atoms with Crippen LogP contribution in [0.4, 0.5) is 0 Å². The van der Waals surface area contributed by atoms with Gasteiger partial charge in [0.15, 0.2) is 0 Å². The maximum Gasteiger partial charge on any atom is 0.251 e. The average molecular weight is 454 g/mol. The number of hydrogen-bond donors (Lipinski definition) is 2. The Morgan fingerprint density at radius 3 is 2.25 bits per heavy atom. The number of rotatable bonds is 9. The lowest BCUT2D eigenvalue weighted by molar-refractivity contribution is 0.0951. The summed E-state index contributed by atoms with van der Waals surface area (Å²) >= 11 is 0. The van der Waals surface area contributed by atoms with Crippen molar-refractivity contribution < 1.29 is 13.2 Å². The molecule has 2 N–H and O–H groups in total. The highest BCUT2D eigenvalue weighted by molar-refractivity contribution is 7.89. The fourth-order valence-corrected chi connectivity index (χ4v) is 4.36.